The predicted molar refractivity (Wildman–Crippen MR) is 50.0 cm³/mol. The van der Waals surface area contributed by atoms with Gasteiger partial charge in [0.05, 0.1) is 17.7 Å². The van der Waals surface area contributed by atoms with E-state index in [4.69, 9.17) is 17.0 Å². The van der Waals surface area contributed by atoms with Crippen LogP contribution in [0, 0.1) is 11.3 Å². The second kappa shape index (κ2) is 4.83. The molecule has 13 heavy (non-hydrogen) atoms. The maximum atomic E-state index is 9.48. The summed E-state index contributed by atoms with van der Waals surface area (Å²) in [4.78, 5) is 2.34. The fourth-order valence-electron chi connectivity index (χ4n) is 1.01. The SMILES string of the molecule is N#Cc1cccc([C@H](O)CNCl)c1. The van der Waals surface area contributed by atoms with Crippen LogP contribution in [0.5, 0.6) is 0 Å². The molecule has 3 nitrogen and oxygen atoms in total. The van der Waals surface area contributed by atoms with E-state index in [0.29, 0.717) is 11.1 Å². The highest BCUT2D eigenvalue weighted by atomic mass is 35.5. The Hall–Kier alpha value is -1.08. The molecule has 0 aliphatic carbocycles. The minimum atomic E-state index is -0.675. The lowest BCUT2D eigenvalue weighted by Crippen LogP contribution is -2.12. The summed E-state index contributed by atoms with van der Waals surface area (Å²) in [5.74, 6) is 0. The number of aliphatic hydroxyl groups excluding tert-OH is 1. The summed E-state index contributed by atoms with van der Waals surface area (Å²) in [6.07, 6.45) is -0.675. The third kappa shape index (κ3) is 2.71. The zero-order chi connectivity index (χ0) is 9.68. The molecule has 4 heteroatoms. The molecule has 0 unspecified atom stereocenters. The van der Waals surface area contributed by atoms with E-state index in [1.54, 1.807) is 24.3 Å². The quantitative estimate of drug-likeness (QED) is 0.718. The van der Waals surface area contributed by atoms with Crippen LogP contribution in [0.2, 0.25) is 0 Å². The molecule has 1 rings (SSSR count). The van der Waals surface area contributed by atoms with E-state index in [1.807, 2.05) is 6.07 Å². The van der Waals surface area contributed by atoms with Crippen LogP contribution in [0.3, 0.4) is 0 Å². The molecule has 0 radical (unpaired) electrons. The average Bonchev–Trinajstić information content (AvgIpc) is 2.18. The highest BCUT2D eigenvalue weighted by Crippen LogP contribution is 2.13. The maximum Gasteiger partial charge on any atom is 0.0991 e. The molecule has 0 saturated carbocycles. The molecule has 0 spiro atoms. The van der Waals surface area contributed by atoms with Crippen molar-refractivity contribution < 1.29 is 5.11 Å². The summed E-state index contributed by atoms with van der Waals surface area (Å²) < 4.78 is 0. The van der Waals surface area contributed by atoms with Gasteiger partial charge in [-0.15, -0.1) is 0 Å². The summed E-state index contributed by atoms with van der Waals surface area (Å²) >= 11 is 5.24. The molecule has 1 aromatic rings. The Balaban J connectivity index is 2.83. The number of rotatable bonds is 3. The molecule has 0 amide bonds. The zero-order valence-electron chi connectivity index (χ0n) is 6.87. The van der Waals surface area contributed by atoms with E-state index in [1.165, 1.54) is 0 Å². The summed E-state index contributed by atoms with van der Waals surface area (Å²) in [6, 6.07) is 8.80. The smallest absolute Gasteiger partial charge is 0.0991 e. The third-order valence-corrected chi connectivity index (χ3v) is 1.83. The number of hydrogen-bond acceptors (Lipinski definition) is 3. The van der Waals surface area contributed by atoms with Crippen LogP contribution in [0.15, 0.2) is 24.3 Å². The first-order valence-corrected chi connectivity index (χ1v) is 4.17. The van der Waals surface area contributed by atoms with Crippen LogP contribution in [-0.2, 0) is 0 Å². The molecule has 1 aromatic carbocycles. The van der Waals surface area contributed by atoms with Gasteiger partial charge >= 0.3 is 0 Å². The molecular formula is C9H9ClN2O. The van der Waals surface area contributed by atoms with E-state index in [-0.39, 0.29) is 6.54 Å². The van der Waals surface area contributed by atoms with Crippen molar-refractivity contribution in [3.8, 4) is 6.07 Å². The second-order valence-electron chi connectivity index (χ2n) is 2.59. The fourth-order valence-corrected chi connectivity index (χ4v) is 1.15. The lowest BCUT2D eigenvalue weighted by molar-refractivity contribution is 0.182. The van der Waals surface area contributed by atoms with E-state index in [2.05, 4.69) is 4.84 Å². The Labute approximate surface area is 81.7 Å². The topological polar surface area (TPSA) is 56.0 Å². The summed E-state index contributed by atoms with van der Waals surface area (Å²) in [5.41, 5.74) is 1.22. The molecule has 0 heterocycles. The van der Waals surface area contributed by atoms with Gasteiger partial charge in [-0.2, -0.15) is 5.26 Å². The molecule has 0 aliphatic rings. The first kappa shape index (κ1) is 10.0. The minimum Gasteiger partial charge on any atom is -0.387 e. The van der Waals surface area contributed by atoms with Crippen molar-refractivity contribution in [2.45, 2.75) is 6.10 Å². The van der Waals surface area contributed by atoms with Crippen molar-refractivity contribution in [3.05, 3.63) is 35.4 Å². The largest absolute Gasteiger partial charge is 0.387 e. The van der Waals surface area contributed by atoms with Crippen LogP contribution in [-0.4, -0.2) is 11.7 Å². The van der Waals surface area contributed by atoms with Gasteiger partial charge in [-0.3, -0.25) is 0 Å². The lowest BCUT2D eigenvalue weighted by atomic mass is 10.1. The number of aliphatic hydroxyl groups is 1. The van der Waals surface area contributed by atoms with Gasteiger partial charge in [-0.25, -0.2) is 4.84 Å². The van der Waals surface area contributed by atoms with Crippen molar-refractivity contribution in [3.63, 3.8) is 0 Å². The number of hydrogen-bond donors (Lipinski definition) is 2. The molecule has 0 aromatic heterocycles. The Bertz CT molecular complexity index is 322. The van der Waals surface area contributed by atoms with Gasteiger partial charge in [0, 0.05) is 6.54 Å². The Morgan fingerprint density at radius 2 is 2.38 bits per heavy atom. The first-order valence-electron chi connectivity index (χ1n) is 3.79. The monoisotopic (exact) mass is 196 g/mol. The van der Waals surface area contributed by atoms with Crippen LogP contribution in [0.4, 0.5) is 0 Å². The van der Waals surface area contributed by atoms with Crippen LogP contribution >= 0.6 is 11.8 Å². The standard InChI is InChI=1S/C9H9ClN2O/c10-12-6-9(13)8-3-1-2-7(4-8)5-11/h1-4,9,12-13H,6H2/t9-/m1/s1. The molecular weight excluding hydrogens is 188 g/mol. The van der Waals surface area contributed by atoms with Crippen molar-refractivity contribution in [2.75, 3.05) is 6.54 Å². The highest BCUT2D eigenvalue weighted by molar-refractivity contribution is 6.13. The number of nitriles is 1. The lowest BCUT2D eigenvalue weighted by Gasteiger charge is -2.08. The van der Waals surface area contributed by atoms with Gasteiger partial charge in [0.1, 0.15) is 0 Å². The minimum absolute atomic E-state index is 0.260. The van der Waals surface area contributed by atoms with Crippen molar-refractivity contribution >= 4 is 11.8 Å². The van der Waals surface area contributed by atoms with Crippen molar-refractivity contribution in [2.24, 2.45) is 0 Å². The van der Waals surface area contributed by atoms with Crippen LogP contribution < -0.4 is 4.84 Å². The maximum absolute atomic E-state index is 9.48. The number of benzene rings is 1. The van der Waals surface area contributed by atoms with Gasteiger partial charge in [-0.05, 0) is 29.5 Å². The molecule has 2 N–H and O–H groups in total. The molecule has 0 bridgehead atoms. The van der Waals surface area contributed by atoms with Crippen molar-refractivity contribution in [1.29, 1.82) is 5.26 Å². The normalized spacial score (nSPS) is 12.1. The van der Waals surface area contributed by atoms with E-state index >= 15 is 0 Å². The van der Waals surface area contributed by atoms with Crippen molar-refractivity contribution in [1.82, 2.24) is 4.84 Å². The summed E-state index contributed by atoms with van der Waals surface area (Å²) in [6.45, 7) is 0.260. The summed E-state index contributed by atoms with van der Waals surface area (Å²) in [5, 5.41) is 18.1. The van der Waals surface area contributed by atoms with Crippen LogP contribution in [0.25, 0.3) is 0 Å². The van der Waals surface area contributed by atoms with Crippen LogP contribution in [0.1, 0.15) is 17.2 Å². The first-order chi connectivity index (χ1) is 6.27. The molecule has 0 fully saturated rings. The van der Waals surface area contributed by atoms with Gasteiger partial charge in [0.15, 0.2) is 0 Å². The number of nitrogens with zero attached hydrogens (tertiary/aromatic N) is 1. The third-order valence-electron chi connectivity index (χ3n) is 1.67. The average molecular weight is 197 g/mol. The van der Waals surface area contributed by atoms with E-state index in [9.17, 15) is 5.11 Å². The Kier molecular flexibility index (Phi) is 3.71. The second-order valence-corrected chi connectivity index (χ2v) is 2.86. The van der Waals surface area contributed by atoms with E-state index < -0.39 is 6.10 Å². The summed E-state index contributed by atoms with van der Waals surface area (Å²) in [7, 11) is 0. The molecule has 0 saturated heterocycles. The highest BCUT2D eigenvalue weighted by Gasteiger charge is 2.06. The van der Waals surface area contributed by atoms with Gasteiger partial charge in [-0.1, -0.05) is 12.1 Å². The van der Waals surface area contributed by atoms with E-state index in [0.717, 1.165) is 0 Å². The van der Waals surface area contributed by atoms with Gasteiger partial charge < -0.3 is 5.11 Å². The zero-order valence-corrected chi connectivity index (χ0v) is 7.62. The predicted octanol–water partition coefficient (Wildman–Crippen LogP) is 1.34. The van der Waals surface area contributed by atoms with Gasteiger partial charge in [0.25, 0.3) is 0 Å². The van der Waals surface area contributed by atoms with Gasteiger partial charge in [0.2, 0.25) is 0 Å². The molecule has 0 aliphatic heterocycles. The molecule has 68 valence electrons. The Morgan fingerprint density at radius 3 is 3.00 bits per heavy atom. The fraction of sp³-hybridized carbons (Fsp3) is 0.222. The number of nitrogens with one attached hydrogen (secondary N) is 1. The Morgan fingerprint density at radius 1 is 1.62 bits per heavy atom. The number of halogens is 1. The molecule has 1 atom stereocenters.